The van der Waals surface area contributed by atoms with E-state index < -0.39 is 35.7 Å². The van der Waals surface area contributed by atoms with E-state index in [2.05, 4.69) is 10.4 Å². The molecule has 0 bridgehead atoms. The van der Waals surface area contributed by atoms with Crippen molar-refractivity contribution in [3.05, 3.63) is 106 Å². The number of nitrogens with one attached hydrogen (secondary N) is 1. The molecule has 3 amide bonds. The van der Waals surface area contributed by atoms with Crippen molar-refractivity contribution >= 4 is 29.4 Å². The van der Waals surface area contributed by atoms with E-state index in [9.17, 15) is 23.6 Å². The molecule has 2 atom stereocenters. The first-order valence-corrected chi connectivity index (χ1v) is 15.3. The van der Waals surface area contributed by atoms with Crippen LogP contribution < -0.4 is 10.2 Å². The van der Waals surface area contributed by atoms with Gasteiger partial charge in [0.15, 0.2) is 0 Å². The number of esters is 1. The van der Waals surface area contributed by atoms with Crippen LogP contribution in [0.3, 0.4) is 0 Å². The van der Waals surface area contributed by atoms with Gasteiger partial charge in [0.2, 0.25) is 5.91 Å². The molecule has 3 aromatic carbocycles. The summed E-state index contributed by atoms with van der Waals surface area (Å²) in [5.41, 5.74) is 6.04. The monoisotopic (exact) mass is 639 g/mol. The van der Waals surface area contributed by atoms with Crippen molar-refractivity contribution in [2.24, 2.45) is 7.05 Å². The van der Waals surface area contributed by atoms with Gasteiger partial charge in [-0.2, -0.15) is 5.10 Å². The molecule has 1 unspecified atom stereocenters. The number of amides is 3. The van der Waals surface area contributed by atoms with E-state index in [0.29, 0.717) is 22.4 Å². The van der Waals surface area contributed by atoms with Crippen molar-refractivity contribution in [1.29, 1.82) is 0 Å². The van der Waals surface area contributed by atoms with Gasteiger partial charge in [-0.3, -0.25) is 19.1 Å². The van der Waals surface area contributed by atoms with Gasteiger partial charge >= 0.3 is 5.97 Å². The number of hydrogen-bond acceptors (Lipinski definition) is 6. The first-order valence-electron chi connectivity index (χ1n) is 15.3. The van der Waals surface area contributed by atoms with E-state index in [-0.39, 0.29) is 24.6 Å². The molecule has 5 rings (SSSR count). The third kappa shape index (κ3) is 6.79. The van der Waals surface area contributed by atoms with Crippen LogP contribution in [0, 0.1) is 26.6 Å². The zero-order valence-corrected chi connectivity index (χ0v) is 27.6. The van der Waals surface area contributed by atoms with Crippen LogP contribution >= 0.6 is 0 Å². The smallest absolute Gasteiger partial charge is 0.338 e. The zero-order valence-electron chi connectivity index (χ0n) is 27.6. The van der Waals surface area contributed by atoms with E-state index in [1.807, 2.05) is 46.0 Å². The quantitative estimate of drug-likeness (QED) is 0.268. The predicted octanol–water partition coefficient (Wildman–Crippen LogP) is 5.13. The maximum atomic E-state index is 14.8. The molecule has 2 heterocycles. The summed E-state index contributed by atoms with van der Waals surface area (Å²) >= 11 is 0. The zero-order chi connectivity index (χ0) is 34.2. The van der Waals surface area contributed by atoms with Crippen molar-refractivity contribution < 1.29 is 28.3 Å². The molecular weight excluding hydrogens is 601 g/mol. The van der Waals surface area contributed by atoms with Gasteiger partial charge in [0.25, 0.3) is 11.8 Å². The lowest BCUT2D eigenvalue weighted by Crippen LogP contribution is -2.45. The van der Waals surface area contributed by atoms with E-state index >= 15 is 0 Å². The number of ether oxygens (including phenoxy) is 1. The van der Waals surface area contributed by atoms with Gasteiger partial charge in [-0.25, -0.2) is 9.18 Å². The molecule has 10 nitrogen and oxygen atoms in total. The summed E-state index contributed by atoms with van der Waals surface area (Å²) in [7, 11) is 3.45. The third-order valence-corrected chi connectivity index (χ3v) is 8.43. The van der Waals surface area contributed by atoms with Crippen molar-refractivity contribution in [1.82, 2.24) is 20.0 Å². The topological polar surface area (TPSA) is 114 Å². The fourth-order valence-electron chi connectivity index (χ4n) is 5.91. The number of carbonyl (C=O) groups excluding carboxylic acids is 4. The predicted molar refractivity (Wildman–Crippen MR) is 176 cm³/mol. The number of fused-ring (bicyclic) bond motifs is 1. The average molecular weight is 640 g/mol. The molecular formula is C36H38FN5O5. The van der Waals surface area contributed by atoms with Gasteiger partial charge in [0.1, 0.15) is 18.0 Å². The number of anilines is 1. The van der Waals surface area contributed by atoms with Gasteiger partial charge in [0.05, 0.1) is 35.2 Å². The van der Waals surface area contributed by atoms with E-state index in [1.54, 1.807) is 50.0 Å². The molecule has 0 aliphatic carbocycles. The van der Waals surface area contributed by atoms with Crippen LogP contribution in [0.5, 0.6) is 0 Å². The van der Waals surface area contributed by atoms with Gasteiger partial charge in [-0.1, -0.05) is 23.8 Å². The molecule has 0 radical (unpaired) electrons. The van der Waals surface area contributed by atoms with Crippen molar-refractivity contribution in [3.63, 3.8) is 0 Å². The van der Waals surface area contributed by atoms with Crippen molar-refractivity contribution in [2.75, 3.05) is 18.5 Å². The third-order valence-electron chi connectivity index (χ3n) is 8.43. The van der Waals surface area contributed by atoms with Gasteiger partial charge < -0.3 is 19.9 Å². The van der Waals surface area contributed by atoms with Crippen LogP contribution in [0.25, 0.3) is 11.3 Å². The number of halogens is 1. The summed E-state index contributed by atoms with van der Waals surface area (Å²) in [5.74, 6) is -2.45. The molecule has 0 fully saturated rings. The van der Waals surface area contributed by atoms with Crippen LogP contribution in [0.4, 0.5) is 10.1 Å². The Hall–Kier alpha value is -5.32. The molecule has 1 aromatic heterocycles. The Balaban J connectivity index is 1.32. The maximum absolute atomic E-state index is 14.8. The average Bonchev–Trinajstić information content (AvgIpc) is 3.34. The second-order valence-corrected chi connectivity index (χ2v) is 12.1. The van der Waals surface area contributed by atoms with Gasteiger partial charge in [0, 0.05) is 31.8 Å². The van der Waals surface area contributed by atoms with Crippen molar-refractivity contribution in [3.8, 4) is 11.3 Å². The fraction of sp³-hybridized carbons (Fsp3) is 0.306. The van der Waals surface area contributed by atoms with Crippen LogP contribution in [0.15, 0.2) is 60.8 Å². The Bertz CT molecular complexity index is 1880. The first-order chi connectivity index (χ1) is 22.2. The number of aryl methyl sites for hydroxylation is 4. The number of carbonyl (C=O) groups is 4. The largest absolute Gasteiger partial charge is 0.457 e. The summed E-state index contributed by atoms with van der Waals surface area (Å²) in [6.45, 7) is 8.87. The molecule has 4 aromatic rings. The molecule has 244 valence electrons. The molecule has 1 aliphatic heterocycles. The van der Waals surface area contributed by atoms with Crippen LogP contribution in [-0.4, -0.2) is 64.1 Å². The number of nitrogens with zero attached hydrogens (tertiary/aromatic N) is 4. The van der Waals surface area contributed by atoms with Crippen LogP contribution in [-0.2, 0) is 23.1 Å². The normalized spacial score (nSPS) is 15.3. The lowest BCUT2D eigenvalue weighted by atomic mass is 10.0. The minimum absolute atomic E-state index is 0.000919. The molecule has 1 aliphatic rings. The lowest BCUT2D eigenvalue weighted by Gasteiger charge is -2.27. The van der Waals surface area contributed by atoms with Crippen LogP contribution in [0.2, 0.25) is 0 Å². The maximum Gasteiger partial charge on any atom is 0.338 e. The van der Waals surface area contributed by atoms with E-state index in [4.69, 9.17) is 4.74 Å². The lowest BCUT2D eigenvalue weighted by molar-refractivity contribution is -0.122. The summed E-state index contributed by atoms with van der Waals surface area (Å²) < 4.78 is 22.1. The summed E-state index contributed by atoms with van der Waals surface area (Å²) in [4.78, 5) is 55.9. The number of rotatable bonds is 8. The van der Waals surface area contributed by atoms with E-state index in [1.165, 1.54) is 21.9 Å². The number of aromatic nitrogens is 2. The molecule has 0 saturated carbocycles. The highest BCUT2D eigenvalue weighted by Crippen LogP contribution is 2.33. The second kappa shape index (κ2) is 13.2. The van der Waals surface area contributed by atoms with Crippen LogP contribution in [0.1, 0.15) is 67.2 Å². The van der Waals surface area contributed by atoms with Gasteiger partial charge in [-0.05, 0) is 87.7 Å². The van der Waals surface area contributed by atoms with Gasteiger partial charge in [-0.15, -0.1) is 0 Å². The SMILES string of the molecule is Cc1ccc(C(=O)OC(C)CNC(=O)c2cc(F)cc(CN3C(=O)c4ccc(-c5c(C)cnn5C)cc4N(C)C(=O)[C@H]3C)c2)c(C)c1. The molecule has 11 heteroatoms. The Labute approximate surface area is 273 Å². The number of benzene rings is 3. The summed E-state index contributed by atoms with van der Waals surface area (Å²) in [5, 5.41) is 6.98. The molecule has 0 spiro atoms. The first kappa shape index (κ1) is 33.1. The highest BCUT2D eigenvalue weighted by molar-refractivity contribution is 6.11. The highest BCUT2D eigenvalue weighted by Gasteiger charge is 2.36. The molecule has 47 heavy (non-hydrogen) atoms. The number of hydrogen-bond donors (Lipinski definition) is 1. The Kier molecular flexibility index (Phi) is 9.28. The minimum atomic E-state index is -0.866. The minimum Gasteiger partial charge on any atom is -0.457 e. The Morgan fingerprint density at radius 2 is 1.74 bits per heavy atom. The summed E-state index contributed by atoms with van der Waals surface area (Å²) in [6, 6.07) is 13.7. The second-order valence-electron chi connectivity index (χ2n) is 12.1. The standard InChI is InChI=1S/C36H38FN5O5/c1-20-8-10-29(21(2)12-20)36(46)47-23(4)18-38-33(43)27-13-25(14-28(37)15-27)19-42-24(5)34(44)40(6)31-16-26(9-11-30(31)35(42)45)32-22(3)17-39-41(32)7/h8-17,23-24H,18-19H2,1-7H3,(H,38,43)/t23?,24-/m1/s1. The highest BCUT2D eigenvalue weighted by atomic mass is 19.1. The fourth-order valence-corrected chi connectivity index (χ4v) is 5.91. The van der Waals surface area contributed by atoms with E-state index in [0.717, 1.165) is 34.0 Å². The Morgan fingerprint density at radius 1 is 1.00 bits per heavy atom. The molecule has 1 N–H and O–H groups in total. The van der Waals surface area contributed by atoms with Crippen molar-refractivity contribution in [2.45, 2.75) is 53.3 Å². The summed E-state index contributed by atoms with van der Waals surface area (Å²) in [6.07, 6.45) is 1.10. The number of likely N-dealkylation sites (N-methyl/N-ethyl adjacent to an activating group) is 1. The molecule has 0 saturated heterocycles. The Morgan fingerprint density at radius 3 is 2.43 bits per heavy atom.